The average Bonchev–Trinajstić information content (AvgIpc) is 2.69. The van der Waals surface area contributed by atoms with Crippen molar-refractivity contribution in [3.05, 3.63) is 34.5 Å². The predicted molar refractivity (Wildman–Crippen MR) is 71.9 cm³/mol. The van der Waals surface area contributed by atoms with E-state index in [-0.39, 0.29) is 11.9 Å². The maximum absolute atomic E-state index is 12.0. The summed E-state index contributed by atoms with van der Waals surface area (Å²) in [6.07, 6.45) is 0. The number of furan rings is 1. The van der Waals surface area contributed by atoms with Gasteiger partial charge in [-0.15, -0.1) is 0 Å². The number of aryl methyl sites for hydroxylation is 1. The monoisotopic (exact) mass is 266 g/mol. The van der Waals surface area contributed by atoms with E-state index in [4.69, 9.17) is 21.8 Å². The molecule has 2 rings (SSSR count). The number of rotatable bonds is 3. The molecule has 0 saturated carbocycles. The summed E-state index contributed by atoms with van der Waals surface area (Å²) in [5.74, 6) is 0.0242. The summed E-state index contributed by atoms with van der Waals surface area (Å²) in [6.45, 7) is 4.05. The molecule has 0 bridgehead atoms. The number of para-hydroxylation sites is 1. The number of carbonyl (C=O) groups is 1. The van der Waals surface area contributed by atoms with E-state index in [1.165, 1.54) is 0 Å². The summed E-state index contributed by atoms with van der Waals surface area (Å²) < 4.78 is 5.55. The van der Waals surface area contributed by atoms with Crippen LogP contribution in [-0.4, -0.2) is 18.5 Å². The van der Waals surface area contributed by atoms with E-state index < -0.39 is 0 Å². The largest absolute Gasteiger partial charge is 0.449 e. The zero-order chi connectivity index (χ0) is 13.3. The van der Waals surface area contributed by atoms with Crippen LogP contribution >= 0.6 is 11.6 Å². The Morgan fingerprint density at radius 2 is 2.28 bits per heavy atom. The summed E-state index contributed by atoms with van der Waals surface area (Å²) in [5, 5.41) is 4.12. The molecule has 0 aliphatic carbocycles. The Kier molecular flexibility index (Phi) is 3.59. The SMILES string of the molecule is Cc1c(C(=O)N[C@@H](C)CN)oc2c(Cl)cccc12. The predicted octanol–water partition coefficient (Wildman–Crippen LogP) is 2.47. The maximum atomic E-state index is 12.0. The number of hydrogen-bond acceptors (Lipinski definition) is 3. The van der Waals surface area contributed by atoms with Gasteiger partial charge in [-0.05, 0) is 19.9 Å². The zero-order valence-corrected chi connectivity index (χ0v) is 11.0. The molecule has 4 nitrogen and oxygen atoms in total. The fraction of sp³-hybridized carbons (Fsp3) is 0.308. The van der Waals surface area contributed by atoms with Crippen LogP contribution in [0.1, 0.15) is 23.0 Å². The molecule has 0 saturated heterocycles. The molecule has 5 heteroatoms. The quantitative estimate of drug-likeness (QED) is 0.897. The van der Waals surface area contributed by atoms with E-state index in [2.05, 4.69) is 5.32 Å². The van der Waals surface area contributed by atoms with E-state index in [0.717, 1.165) is 10.9 Å². The number of nitrogens with one attached hydrogen (secondary N) is 1. The number of nitrogens with two attached hydrogens (primary N) is 1. The second-order valence-corrected chi connectivity index (χ2v) is 4.69. The van der Waals surface area contributed by atoms with Crippen molar-refractivity contribution in [1.82, 2.24) is 5.32 Å². The van der Waals surface area contributed by atoms with E-state index in [0.29, 0.717) is 22.9 Å². The van der Waals surface area contributed by atoms with Gasteiger partial charge in [0.2, 0.25) is 0 Å². The lowest BCUT2D eigenvalue weighted by atomic mass is 10.1. The second-order valence-electron chi connectivity index (χ2n) is 4.28. The Labute approximate surface area is 110 Å². The van der Waals surface area contributed by atoms with Crippen molar-refractivity contribution in [3.63, 3.8) is 0 Å². The van der Waals surface area contributed by atoms with Crippen molar-refractivity contribution in [1.29, 1.82) is 0 Å². The Bertz CT molecular complexity index is 592. The molecule has 0 radical (unpaired) electrons. The van der Waals surface area contributed by atoms with E-state index in [9.17, 15) is 4.79 Å². The smallest absolute Gasteiger partial charge is 0.287 e. The summed E-state index contributed by atoms with van der Waals surface area (Å²) in [5.41, 5.74) is 6.80. The highest BCUT2D eigenvalue weighted by Crippen LogP contribution is 2.30. The highest BCUT2D eigenvalue weighted by molar-refractivity contribution is 6.35. The highest BCUT2D eigenvalue weighted by Gasteiger charge is 2.19. The third-order valence-corrected chi connectivity index (χ3v) is 3.15. The molecule has 1 aromatic carbocycles. The normalized spacial score (nSPS) is 12.7. The van der Waals surface area contributed by atoms with Crippen molar-refractivity contribution in [3.8, 4) is 0 Å². The number of carbonyl (C=O) groups excluding carboxylic acids is 1. The van der Waals surface area contributed by atoms with Crippen LogP contribution in [0.5, 0.6) is 0 Å². The average molecular weight is 267 g/mol. The molecule has 0 spiro atoms. The third kappa shape index (κ3) is 2.21. The Balaban J connectivity index is 2.43. The molecular weight excluding hydrogens is 252 g/mol. The van der Waals surface area contributed by atoms with Gasteiger partial charge in [-0.1, -0.05) is 23.7 Å². The molecule has 1 amide bonds. The molecule has 1 aromatic heterocycles. The molecular formula is C13H15ClN2O2. The van der Waals surface area contributed by atoms with Crippen LogP contribution in [0, 0.1) is 6.92 Å². The fourth-order valence-corrected chi connectivity index (χ4v) is 1.99. The van der Waals surface area contributed by atoms with Crippen LogP contribution in [0.3, 0.4) is 0 Å². The number of fused-ring (bicyclic) bond motifs is 1. The summed E-state index contributed by atoms with van der Waals surface area (Å²) in [6, 6.07) is 5.35. The number of amides is 1. The van der Waals surface area contributed by atoms with Gasteiger partial charge in [0, 0.05) is 23.5 Å². The fourth-order valence-electron chi connectivity index (χ4n) is 1.77. The minimum atomic E-state index is -0.266. The van der Waals surface area contributed by atoms with Crippen LogP contribution in [0.2, 0.25) is 5.02 Å². The van der Waals surface area contributed by atoms with Gasteiger partial charge < -0.3 is 15.5 Å². The van der Waals surface area contributed by atoms with Crippen molar-refractivity contribution < 1.29 is 9.21 Å². The van der Waals surface area contributed by atoms with Crippen LogP contribution in [0.4, 0.5) is 0 Å². The lowest BCUT2D eigenvalue weighted by Crippen LogP contribution is -2.37. The van der Waals surface area contributed by atoms with Crippen LogP contribution < -0.4 is 11.1 Å². The standard InChI is InChI=1S/C13H15ClN2O2/c1-7(6-15)16-13(17)11-8(2)9-4-3-5-10(14)12(9)18-11/h3-5,7H,6,15H2,1-2H3,(H,16,17)/t7-/m0/s1. The number of hydrogen-bond donors (Lipinski definition) is 2. The first-order chi connectivity index (χ1) is 8.54. The lowest BCUT2D eigenvalue weighted by molar-refractivity contribution is 0.0914. The van der Waals surface area contributed by atoms with Crippen molar-refractivity contribution in [2.24, 2.45) is 5.73 Å². The number of halogens is 1. The first-order valence-electron chi connectivity index (χ1n) is 5.73. The van der Waals surface area contributed by atoms with Gasteiger partial charge in [-0.3, -0.25) is 4.79 Å². The molecule has 0 unspecified atom stereocenters. The second kappa shape index (κ2) is 5.00. The Morgan fingerprint density at radius 1 is 1.56 bits per heavy atom. The summed E-state index contributed by atoms with van der Waals surface area (Å²) in [4.78, 5) is 12.0. The molecule has 1 atom stereocenters. The molecule has 18 heavy (non-hydrogen) atoms. The molecule has 3 N–H and O–H groups in total. The van der Waals surface area contributed by atoms with Crippen molar-refractivity contribution >= 4 is 28.5 Å². The van der Waals surface area contributed by atoms with Crippen LogP contribution in [0.15, 0.2) is 22.6 Å². The van der Waals surface area contributed by atoms with Crippen molar-refractivity contribution in [2.75, 3.05) is 6.54 Å². The van der Waals surface area contributed by atoms with Crippen molar-refractivity contribution in [2.45, 2.75) is 19.9 Å². The summed E-state index contributed by atoms with van der Waals surface area (Å²) in [7, 11) is 0. The van der Waals surface area contributed by atoms with E-state index in [1.807, 2.05) is 26.0 Å². The van der Waals surface area contributed by atoms with Gasteiger partial charge in [0.15, 0.2) is 11.3 Å². The van der Waals surface area contributed by atoms with E-state index >= 15 is 0 Å². The third-order valence-electron chi connectivity index (χ3n) is 2.85. The van der Waals surface area contributed by atoms with Gasteiger partial charge >= 0.3 is 0 Å². The van der Waals surface area contributed by atoms with Gasteiger partial charge in [0.05, 0.1) is 5.02 Å². The summed E-state index contributed by atoms with van der Waals surface area (Å²) >= 11 is 6.03. The minimum Gasteiger partial charge on any atom is -0.449 e. The van der Waals surface area contributed by atoms with Gasteiger partial charge in [-0.2, -0.15) is 0 Å². The zero-order valence-electron chi connectivity index (χ0n) is 10.3. The topological polar surface area (TPSA) is 68.3 Å². The maximum Gasteiger partial charge on any atom is 0.287 e. The lowest BCUT2D eigenvalue weighted by Gasteiger charge is -2.09. The molecule has 2 aromatic rings. The van der Waals surface area contributed by atoms with Gasteiger partial charge in [-0.25, -0.2) is 0 Å². The van der Waals surface area contributed by atoms with Crippen LogP contribution in [0.25, 0.3) is 11.0 Å². The van der Waals surface area contributed by atoms with Crippen LogP contribution in [-0.2, 0) is 0 Å². The number of benzene rings is 1. The first-order valence-corrected chi connectivity index (χ1v) is 6.11. The Morgan fingerprint density at radius 3 is 2.89 bits per heavy atom. The Hall–Kier alpha value is -1.52. The molecule has 0 fully saturated rings. The first kappa shape index (κ1) is 12.9. The van der Waals surface area contributed by atoms with Gasteiger partial charge in [0.25, 0.3) is 5.91 Å². The minimum absolute atomic E-state index is 0.0967. The highest BCUT2D eigenvalue weighted by atomic mass is 35.5. The molecule has 96 valence electrons. The molecule has 0 aliphatic heterocycles. The molecule has 1 heterocycles. The molecule has 0 aliphatic rings. The van der Waals surface area contributed by atoms with E-state index in [1.54, 1.807) is 6.07 Å². The van der Waals surface area contributed by atoms with Gasteiger partial charge in [0.1, 0.15) is 0 Å².